The lowest BCUT2D eigenvalue weighted by atomic mass is 10.4. The maximum absolute atomic E-state index is 5.48. The van der Waals surface area contributed by atoms with Crippen molar-refractivity contribution in [3.63, 3.8) is 0 Å². The first-order valence-electron chi connectivity index (χ1n) is 5.22. The van der Waals surface area contributed by atoms with Crippen LogP contribution in [0.2, 0.25) is 0 Å². The molecule has 0 bridgehead atoms. The van der Waals surface area contributed by atoms with Gasteiger partial charge in [-0.05, 0) is 6.42 Å². The van der Waals surface area contributed by atoms with Gasteiger partial charge in [0.05, 0.1) is 19.0 Å². The molecule has 0 aliphatic rings. The molecule has 1 rings (SSSR count). The Kier molecular flexibility index (Phi) is 5.47. The molecule has 15 heavy (non-hydrogen) atoms. The van der Waals surface area contributed by atoms with Crippen LogP contribution in [-0.4, -0.2) is 29.7 Å². The van der Waals surface area contributed by atoms with E-state index in [0.29, 0.717) is 18.2 Å². The van der Waals surface area contributed by atoms with Crippen molar-refractivity contribution >= 4 is 11.6 Å². The average Bonchev–Trinajstić information content (AvgIpc) is 2.23. The number of hydrogen-bond donors (Lipinski definition) is 2. The van der Waals surface area contributed by atoms with Crippen molar-refractivity contribution in [3.8, 4) is 0 Å². The summed E-state index contributed by atoms with van der Waals surface area (Å²) in [6.45, 7) is 4.36. The van der Waals surface area contributed by atoms with E-state index in [2.05, 4.69) is 22.2 Å². The molecule has 0 atom stereocenters. The van der Waals surface area contributed by atoms with Gasteiger partial charge in [-0.2, -0.15) is 0 Å². The van der Waals surface area contributed by atoms with E-state index >= 15 is 0 Å². The first-order chi connectivity index (χ1) is 7.33. The highest BCUT2D eigenvalue weighted by atomic mass is 16.5. The van der Waals surface area contributed by atoms with Gasteiger partial charge in [-0.1, -0.05) is 13.3 Å². The fraction of sp³-hybridized carbons (Fsp3) is 0.600. The summed E-state index contributed by atoms with van der Waals surface area (Å²) < 4.78 is 5.38. The Morgan fingerprint density at radius 3 is 3.00 bits per heavy atom. The van der Waals surface area contributed by atoms with E-state index in [4.69, 9.17) is 10.5 Å². The number of hydrogen-bond acceptors (Lipinski definition) is 5. The van der Waals surface area contributed by atoms with Crippen LogP contribution >= 0.6 is 0 Å². The zero-order valence-corrected chi connectivity index (χ0v) is 9.07. The van der Waals surface area contributed by atoms with Gasteiger partial charge in [0.25, 0.3) is 0 Å². The van der Waals surface area contributed by atoms with E-state index in [1.54, 1.807) is 6.20 Å². The van der Waals surface area contributed by atoms with Crippen molar-refractivity contribution in [2.75, 3.05) is 30.8 Å². The minimum Gasteiger partial charge on any atom is -0.382 e. The van der Waals surface area contributed by atoms with Gasteiger partial charge in [-0.25, -0.2) is 4.98 Å². The number of nitrogens with one attached hydrogen (secondary N) is 1. The smallest absolute Gasteiger partial charge is 0.147 e. The van der Waals surface area contributed by atoms with Crippen molar-refractivity contribution in [2.45, 2.75) is 19.8 Å². The Morgan fingerprint density at radius 2 is 2.27 bits per heavy atom. The van der Waals surface area contributed by atoms with E-state index in [9.17, 15) is 0 Å². The van der Waals surface area contributed by atoms with Crippen molar-refractivity contribution in [1.29, 1.82) is 0 Å². The predicted molar refractivity (Wildman–Crippen MR) is 60.7 cm³/mol. The molecule has 5 heteroatoms. The summed E-state index contributed by atoms with van der Waals surface area (Å²) in [5.74, 6) is 1.11. The average molecular weight is 210 g/mol. The summed E-state index contributed by atoms with van der Waals surface area (Å²) in [5, 5.41) is 3.08. The first kappa shape index (κ1) is 11.7. The summed E-state index contributed by atoms with van der Waals surface area (Å²) >= 11 is 0. The maximum atomic E-state index is 5.48. The van der Waals surface area contributed by atoms with E-state index in [1.807, 2.05) is 0 Å². The van der Waals surface area contributed by atoms with Crippen LogP contribution in [0.1, 0.15) is 19.8 Å². The molecule has 1 heterocycles. The molecule has 0 amide bonds. The Balaban J connectivity index is 2.10. The Labute approximate surface area is 90.1 Å². The van der Waals surface area contributed by atoms with Gasteiger partial charge in [0.2, 0.25) is 0 Å². The second-order valence-corrected chi connectivity index (χ2v) is 3.22. The largest absolute Gasteiger partial charge is 0.382 e. The highest BCUT2D eigenvalue weighted by Crippen LogP contribution is 2.01. The standard InChI is InChI=1S/C10H18N4O/c1-2-3-5-15-6-4-13-10-8-12-7-9(11)14-10/h7-8H,2-6H2,1H3,(H3,11,13,14). The molecule has 0 aliphatic carbocycles. The molecule has 5 nitrogen and oxygen atoms in total. The number of unbranched alkanes of at least 4 members (excludes halogenated alkanes) is 1. The Bertz CT molecular complexity index is 280. The number of anilines is 2. The lowest BCUT2D eigenvalue weighted by Crippen LogP contribution is -2.11. The minimum atomic E-state index is 0.423. The molecule has 0 spiro atoms. The fourth-order valence-corrected chi connectivity index (χ4v) is 1.07. The number of nitrogens with zero attached hydrogens (tertiary/aromatic N) is 2. The summed E-state index contributed by atoms with van der Waals surface area (Å²) in [6.07, 6.45) is 5.43. The number of nitrogens with two attached hydrogens (primary N) is 1. The topological polar surface area (TPSA) is 73.1 Å². The lowest BCUT2D eigenvalue weighted by Gasteiger charge is -2.06. The van der Waals surface area contributed by atoms with Gasteiger partial charge in [-0.15, -0.1) is 0 Å². The first-order valence-corrected chi connectivity index (χ1v) is 5.22. The molecule has 0 aliphatic heterocycles. The van der Waals surface area contributed by atoms with E-state index < -0.39 is 0 Å². The lowest BCUT2D eigenvalue weighted by molar-refractivity contribution is 0.141. The van der Waals surface area contributed by atoms with Crippen molar-refractivity contribution in [1.82, 2.24) is 9.97 Å². The second kappa shape index (κ2) is 7.00. The predicted octanol–water partition coefficient (Wildman–Crippen LogP) is 1.29. The van der Waals surface area contributed by atoms with E-state index in [-0.39, 0.29) is 0 Å². The molecule has 1 aromatic heterocycles. The highest BCUT2D eigenvalue weighted by molar-refractivity contribution is 5.38. The Hall–Kier alpha value is -1.36. The van der Waals surface area contributed by atoms with Crippen molar-refractivity contribution in [2.24, 2.45) is 0 Å². The monoisotopic (exact) mass is 210 g/mol. The van der Waals surface area contributed by atoms with Crippen LogP contribution < -0.4 is 11.1 Å². The van der Waals surface area contributed by atoms with Crippen LogP contribution in [0, 0.1) is 0 Å². The summed E-state index contributed by atoms with van der Waals surface area (Å²) in [6, 6.07) is 0. The highest BCUT2D eigenvalue weighted by Gasteiger charge is 1.94. The molecular weight excluding hydrogens is 192 g/mol. The van der Waals surface area contributed by atoms with Gasteiger partial charge < -0.3 is 15.8 Å². The number of aromatic nitrogens is 2. The molecule has 84 valence electrons. The number of rotatable bonds is 7. The van der Waals surface area contributed by atoms with Gasteiger partial charge >= 0.3 is 0 Å². The van der Waals surface area contributed by atoms with Crippen LogP contribution in [-0.2, 0) is 4.74 Å². The maximum Gasteiger partial charge on any atom is 0.147 e. The molecular formula is C10H18N4O. The molecule has 0 saturated carbocycles. The van der Waals surface area contributed by atoms with Crippen LogP contribution in [0.4, 0.5) is 11.6 Å². The zero-order chi connectivity index (χ0) is 10.9. The van der Waals surface area contributed by atoms with Gasteiger partial charge in [0.15, 0.2) is 0 Å². The van der Waals surface area contributed by atoms with Crippen LogP contribution in [0.25, 0.3) is 0 Å². The van der Waals surface area contributed by atoms with Crippen LogP contribution in [0.3, 0.4) is 0 Å². The summed E-state index contributed by atoms with van der Waals surface area (Å²) in [4.78, 5) is 7.98. The summed E-state index contributed by atoms with van der Waals surface area (Å²) in [5.41, 5.74) is 5.48. The molecule has 0 radical (unpaired) electrons. The molecule has 0 fully saturated rings. The van der Waals surface area contributed by atoms with Gasteiger partial charge in [-0.3, -0.25) is 4.98 Å². The van der Waals surface area contributed by atoms with Crippen molar-refractivity contribution in [3.05, 3.63) is 12.4 Å². The normalized spacial score (nSPS) is 10.2. The molecule has 0 aromatic carbocycles. The third-order valence-electron chi connectivity index (χ3n) is 1.85. The summed E-state index contributed by atoms with van der Waals surface area (Å²) in [7, 11) is 0. The van der Waals surface area contributed by atoms with E-state index in [0.717, 1.165) is 26.0 Å². The molecule has 3 N–H and O–H groups in total. The van der Waals surface area contributed by atoms with Gasteiger partial charge in [0, 0.05) is 13.2 Å². The third-order valence-corrected chi connectivity index (χ3v) is 1.85. The fourth-order valence-electron chi connectivity index (χ4n) is 1.07. The molecule has 0 unspecified atom stereocenters. The quantitative estimate of drug-likeness (QED) is 0.663. The second-order valence-electron chi connectivity index (χ2n) is 3.22. The Morgan fingerprint density at radius 1 is 1.40 bits per heavy atom. The minimum absolute atomic E-state index is 0.423. The van der Waals surface area contributed by atoms with Gasteiger partial charge in [0.1, 0.15) is 11.6 Å². The number of nitrogen functional groups attached to an aromatic ring is 1. The molecule has 1 aromatic rings. The SMILES string of the molecule is CCCCOCCNc1cncc(N)n1. The van der Waals surface area contributed by atoms with Crippen LogP contribution in [0.5, 0.6) is 0 Å². The zero-order valence-electron chi connectivity index (χ0n) is 9.07. The third kappa shape index (κ3) is 5.17. The number of ether oxygens (including phenoxy) is 1. The van der Waals surface area contributed by atoms with Crippen LogP contribution in [0.15, 0.2) is 12.4 Å². The van der Waals surface area contributed by atoms with E-state index in [1.165, 1.54) is 6.20 Å². The molecule has 0 saturated heterocycles. The van der Waals surface area contributed by atoms with Crippen molar-refractivity contribution < 1.29 is 4.74 Å².